The van der Waals surface area contributed by atoms with Crippen molar-refractivity contribution in [3.63, 3.8) is 0 Å². The van der Waals surface area contributed by atoms with E-state index in [0.29, 0.717) is 31.6 Å². The van der Waals surface area contributed by atoms with Crippen LogP contribution in [0.1, 0.15) is 48.8 Å². The highest BCUT2D eigenvalue weighted by Crippen LogP contribution is 2.17. The molecule has 2 N–H and O–H groups in total. The van der Waals surface area contributed by atoms with Crippen molar-refractivity contribution in [2.75, 3.05) is 31.6 Å². The number of amides is 1. The predicted octanol–water partition coefficient (Wildman–Crippen LogP) is 3.00. The number of carbonyl (C=O) groups is 1. The van der Waals surface area contributed by atoms with Crippen molar-refractivity contribution in [3.8, 4) is 0 Å². The molecule has 1 aliphatic rings. The molecule has 3 rings (SSSR count). The highest BCUT2D eigenvalue weighted by Gasteiger charge is 2.17. The first-order valence-electron chi connectivity index (χ1n) is 9.97. The quantitative estimate of drug-likeness (QED) is 0.648. The lowest BCUT2D eigenvalue weighted by molar-refractivity contribution is 0.0143. The second kappa shape index (κ2) is 10.4. The van der Waals surface area contributed by atoms with Crippen molar-refractivity contribution in [3.05, 3.63) is 47.8 Å². The molecule has 0 radical (unpaired) electrons. The van der Waals surface area contributed by atoms with Gasteiger partial charge in [0.05, 0.1) is 32.0 Å². The standard InChI is InChI=1S/C21H30N4O3/c1-16(2)28-12-11-27-15-17-5-3-6-18(13-17)23-21(26)20-8-10-25(24-20)19-7-4-9-22-14-19/h3,5-6,8,10,13,16,19,22H,4,7,9,11-12,14-15H2,1-2H3,(H,23,26). The van der Waals surface area contributed by atoms with E-state index < -0.39 is 0 Å². The minimum atomic E-state index is -0.203. The van der Waals surface area contributed by atoms with Crippen molar-refractivity contribution < 1.29 is 14.3 Å². The Labute approximate surface area is 166 Å². The molecule has 7 nitrogen and oxygen atoms in total. The van der Waals surface area contributed by atoms with E-state index in [1.165, 1.54) is 0 Å². The summed E-state index contributed by atoms with van der Waals surface area (Å²) in [6.07, 6.45) is 4.31. The molecule has 1 unspecified atom stereocenters. The molecule has 0 saturated carbocycles. The van der Waals surface area contributed by atoms with Gasteiger partial charge in [-0.1, -0.05) is 12.1 Å². The average molecular weight is 386 g/mol. The van der Waals surface area contributed by atoms with Gasteiger partial charge in [0.25, 0.3) is 5.91 Å². The Bertz CT molecular complexity index is 754. The molecule has 1 aromatic carbocycles. The van der Waals surface area contributed by atoms with Gasteiger partial charge in [-0.3, -0.25) is 9.48 Å². The molecule has 1 saturated heterocycles. The van der Waals surface area contributed by atoms with E-state index in [4.69, 9.17) is 9.47 Å². The Kier molecular flexibility index (Phi) is 7.59. The maximum atomic E-state index is 12.5. The van der Waals surface area contributed by atoms with E-state index in [1.54, 1.807) is 6.07 Å². The molecule has 28 heavy (non-hydrogen) atoms. The van der Waals surface area contributed by atoms with Crippen LogP contribution in [0.4, 0.5) is 5.69 Å². The monoisotopic (exact) mass is 386 g/mol. The van der Waals surface area contributed by atoms with Gasteiger partial charge in [0.1, 0.15) is 0 Å². The van der Waals surface area contributed by atoms with Gasteiger partial charge in [0.15, 0.2) is 5.69 Å². The van der Waals surface area contributed by atoms with Gasteiger partial charge in [0, 0.05) is 18.4 Å². The fourth-order valence-corrected chi connectivity index (χ4v) is 3.19. The van der Waals surface area contributed by atoms with Crippen molar-refractivity contribution >= 4 is 11.6 Å². The number of benzene rings is 1. The Balaban J connectivity index is 1.50. The Hall–Kier alpha value is -2.22. The van der Waals surface area contributed by atoms with Crippen molar-refractivity contribution in [2.24, 2.45) is 0 Å². The van der Waals surface area contributed by atoms with Crippen LogP contribution in [0.3, 0.4) is 0 Å². The van der Waals surface area contributed by atoms with Gasteiger partial charge in [-0.2, -0.15) is 5.10 Å². The van der Waals surface area contributed by atoms with E-state index in [0.717, 1.165) is 37.2 Å². The summed E-state index contributed by atoms with van der Waals surface area (Å²) in [5.41, 5.74) is 2.16. The summed E-state index contributed by atoms with van der Waals surface area (Å²) < 4.78 is 13.0. The number of hydrogen-bond donors (Lipinski definition) is 2. The average Bonchev–Trinajstić information content (AvgIpc) is 3.19. The first-order valence-corrected chi connectivity index (χ1v) is 9.97. The number of ether oxygens (including phenoxy) is 2. The number of piperidine rings is 1. The number of aromatic nitrogens is 2. The van der Waals surface area contributed by atoms with E-state index in [2.05, 4.69) is 15.7 Å². The molecule has 0 spiro atoms. The lowest BCUT2D eigenvalue weighted by atomic mass is 10.1. The van der Waals surface area contributed by atoms with Gasteiger partial charge in [0.2, 0.25) is 0 Å². The van der Waals surface area contributed by atoms with E-state index in [1.807, 2.05) is 49.0 Å². The van der Waals surface area contributed by atoms with Crippen LogP contribution in [0.5, 0.6) is 0 Å². The van der Waals surface area contributed by atoms with Crippen LogP contribution in [0.25, 0.3) is 0 Å². The SMILES string of the molecule is CC(C)OCCOCc1cccc(NC(=O)c2ccn(C3CCCNC3)n2)c1. The highest BCUT2D eigenvalue weighted by atomic mass is 16.5. The van der Waals surface area contributed by atoms with Gasteiger partial charge in [-0.05, 0) is 57.0 Å². The molecule has 0 aliphatic carbocycles. The molecule has 2 heterocycles. The first kappa shape index (κ1) is 20.5. The van der Waals surface area contributed by atoms with E-state index in [-0.39, 0.29) is 12.0 Å². The minimum absolute atomic E-state index is 0.203. The second-order valence-corrected chi connectivity index (χ2v) is 7.31. The van der Waals surface area contributed by atoms with Gasteiger partial charge >= 0.3 is 0 Å². The number of rotatable bonds is 9. The molecule has 1 aliphatic heterocycles. The molecule has 1 atom stereocenters. The summed E-state index contributed by atoms with van der Waals surface area (Å²) in [5.74, 6) is -0.203. The smallest absolute Gasteiger partial charge is 0.276 e. The zero-order chi connectivity index (χ0) is 19.8. The molecule has 1 aromatic heterocycles. The van der Waals surface area contributed by atoms with Crippen LogP contribution in [0.2, 0.25) is 0 Å². The fraction of sp³-hybridized carbons (Fsp3) is 0.524. The summed E-state index contributed by atoms with van der Waals surface area (Å²) in [4.78, 5) is 12.5. The van der Waals surface area contributed by atoms with Crippen LogP contribution in [-0.2, 0) is 16.1 Å². The minimum Gasteiger partial charge on any atom is -0.376 e. The topological polar surface area (TPSA) is 77.4 Å². The number of anilines is 1. The maximum absolute atomic E-state index is 12.5. The molecule has 1 amide bonds. The third kappa shape index (κ3) is 6.15. The summed E-state index contributed by atoms with van der Waals surface area (Å²) in [5, 5.41) is 10.8. The van der Waals surface area contributed by atoms with Gasteiger partial charge < -0.3 is 20.1 Å². The first-order chi connectivity index (χ1) is 13.6. The second-order valence-electron chi connectivity index (χ2n) is 7.31. The third-order valence-electron chi connectivity index (χ3n) is 4.62. The molecule has 7 heteroatoms. The molecule has 0 bridgehead atoms. The van der Waals surface area contributed by atoms with Crippen LogP contribution in [-0.4, -0.2) is 48.1 Å². The summed E-state index contributed by atoms with van der Waals surface area (Å²) >= 11 is 0. The molecule has 152 valence electrons. The van der Waals surface area contributed by atoms with Gasteiger partial charge in [-0.25, -0.2) is 0 Å². The lowest BCUT2D eigenvalue weighted by Crippen LogP contribution is -2.32. The number of hydrogen-bond acceptors (Lipinski definition) is 5. The largest absolute Gasteiger partial charge is 0.376 e. The maximum Gasteiger partial charge on any atom is 0.276 e. The van der Waals surface area contributed by atoms with E-state index in [9.17, 15) is 4.79 Å². The van der Waals surface area contributed by atoms with Crippen LogP contribution >= 0.6 is 0 Å². The summed E-state index contributed by atoms with van der Waals surface area (Å²) in [7, 11) is 0. The number of carbonyl (C=O) groups excluding carboxylic acids is 1. The molecular formula is C21H30N4O3. The molecule has 1 fully saturated rings. The van der Waals surface area contributed by atoms with Crippen LogP contribution in [0.15, 0.2) is 36.5 Å². The Morgan fingerprint density at radius 1 is 1.36 bits per heavy atom. The summed E-state index contributed by atoms with van der Waals surface area (Å²) in [6, 6.07) is 9.75. The highest BCUT2D eigenvalue weighted by molar-refractivity contribution is 6.02. The van der Waals surface area contributed by atoms with Crippen molar-refractivity contribution in [1.82, 2.24) is 15.1 Å². The Morgan fingerprint density at radius 2 is 2.25 bits per heavy atom. The van der Waals surface area contributed by atoms with Crippen LogP contribution < -0.4 is 10.6 Å². The van der Waals surface area contributed by atoms with Gasteiger partial charge in [-0.15, -0.1) is 0 Å². The predicted molar refractivity (Wildman–Crippen MR) is 109 cm³/mol. The lowest BCUT2D eigenvalue weighted by Gasteiger charge is -2.22. The van der Waals surface area contributed by atoms with Crippen molar-refractivity contribution in [1.29, 1.82) is 0 Å². The fourth-order valence-electron chi connectivity index (χ4n) is 3.19. The van der Waals surface area contributed by atoms with Crippen LogP contribution in [0, 0.1) is 0 Å². The van der Waals surface area contributed by atoms with E-state index >= 15 is 0 Å². The molecule has 2 aromatic rings. The Morgan fingerprint density at radius 3 is 3.04 bits per heavy atom. The van der Waals surface area contributed by atoms with Crippen molar-refractivity contribution in [2.45, 2.75) is 45.4 Å². The zero-order valence-corrected chi connectivity index (χ0v) is 16.7. The number of nitrogens with one attached hydrogen (secondary N) is 2. The zero-order valence-electron chi connectivity index (χ0n) is 16.7. The molecular weight excluding hydrogens is 356 g/mol. The normalized spacial score (nSPS) is 17.0. The number of nitrogens with zero attached hydrogens (tertiary/aromatic N) is 2. The third-order valence-corrected chi connectivity index (χ3v) is 4.62. The summed E-state index contributed by atoms with van der Waals surface area (Å²) in [6.45, 7) is 7.55.